The highest BCUT2D eigenvalue weighted by molar-refractivity contribution is 5.76. The Bertz CT molecular complexity index is 136. The maximum absolute atomic E-state index is 10.7. The van der Waals surface area contributed by atoms with Crippen LogP contribution in [0.4, 0.5) is 0 Å². The van der Waals surface area contributed by atoms with Crippen LogP contribution in [0.25, 0.3) is 0 Å². The number of nitrogens with two attached hydrogens (primary N) is 1. The van der Waals surface area contributed by atoms with Gasteiger partial charge < -0.3 is 11.1 Å². The maximum atomic E-state index is 10.7. The van der Waals surface area contributed by atoms with Gasteiger partial charge in [0.2, 0.25) is 5.91 Å². The Labute approximate surface area is 74.7 Å². The second-order valence-corrected chi connectivity index (χ2v) is 3.40. The number of carbonyl (C=O) groups excluding carboxylic acids is 1. The highest BCUT2D eigenvalue weighted by Crippen LogP contribution is 1.96. The van der Waals surface area contributed by atoms with Crippen molar-refractivity contribution in [1.29, 1.82) is 0 Å². The zero-order valence-electron chi connectivity index (χ0n) is 8.26. The molecule has 0 aliphatic rings. The number of primary amides is 1. The first-order valence-corrected chi connectivity index (χ1v) is 4.60. The molecule has 0 bridgehead atoms. The smallest absolute Gasteiger partial charge is 0.221 e. The summed E-state index contributed by atoms with van der Waals surface area (Å²) in [7, 11) is 0. The lowest BCUT2D eigenvalue weighted by atomic mass is 10.1. The van der Waals surface area contributed by atoms with Crippen LogP contribution >= 0.6 is 0 Å². The predicted molar refractivity (Wildman–Crippen MR) is 50.7 cm³/mol. The number of nitrogens with one attached hydrogen (secondary N) is 1. The van der Waals surface area contributed by atoms with Crippen molar-refractivity contribution in [2.24, 2.45) is 11.7 Å². The molecule has 0 fully saturated rings. The van der Waals surface area contributed by atoms with E-state index in [1.807, 2.05) is 6.92 Å². The third kappa shape index (κ3) is 5.13. The second-order valence-electron chi connectivity index (χ2n) is 3.40. The van der Waals surface area contributed by atoms with E-state index in [4.69, 9.17) is 5.73 Å². The van der Waals surface area contributed by atoms with Crippen molar-refractivity contribution >= 4 is 5.91 Å². The van der Waals surface area contributed by atoms with Crippen LogP contribution in [-0.4, -0.2) is 18.5 Å². The summed E-state index contributed by atoms with van der Waals surface area (Å²) in [6.45, 7) is 6.80. The van der Waals surface area contributed by atoms with Gasteiger partial charge in [-0.2, -0.15) is 0 Å². The van der Waals surface area contributed by atoms with E-state index in [2.05, 4.69) is 19.2 Å². The molecule has 1 amide bonds. The summed E-state index contributed by atoms with van der Waals surface area (Å²) in [4.78, 5) is 10.7. The molecule has 2 unspecified atom stereocenters. The van der Waals surface area contributed by atoms with Crippen LogP contribution in [0.15, 0.2) is 0 Å². The molecule has 0 radical (unpaired) electrons. The van der Waals surface area contributed by atoms with E-state index in [-0.39, 0.29) is 11.8 Å². The zero-order chi connectivity index (χ0) is 9.56. The minimum atomic E-state index is -0.230. The Morgan fingerprint density at radius 2 is 2.08 bits per heavy atom. The first-order valence-electron chi connectivity index (χ1n) is 4.60. The van der Waals surface area contributed by atoms with E-state index >= 15 is 0 Å². The molecule has 0 saturated heterocycles. The van der Waals surface area contributed by atoms with Crippen molar-refractivity contribution in [2.45, 2.75) is 39.7 Å². The molecular formula is C9H20N2O. The first kappa shape index (κ1) is 11.4. The van der Waals surface area contributed by atoms with E-state index in [1.165, 1.54) is 6.42 Å². The Hall–Kier alpha value is -0.570. The summed E-state index contributed by atoms with van der Waals surface area (Å²) >= 11 is 0. The van der Waals surface area contributed by atoms with Gasteiger partial charge >= 0.3 is 0 Å². The normalized spacial score (nSPS) is 15.6. The molecule has 0 aliphatic heterocycles. The van der Waals surface area contributed by atoms with Crippen LogP contribution in [0.3, 0.4) is 0 Å². The third-order valence-corrected chi connectivity index (χ3v) is 1.98. The minimum absolute atomic E-state index is 0.0655. The van der Waals surface area contributed by atoms with Crippen molar-refractivity contribution in [1.82, 2.24) is 5.32 Å². The molecule has 3 heteroatoms. The average Bonchev–Trinajstić information content (AvgIpc) is 2.00. The van der Waals surface area contributed by atoms with Gasteiger partial charge in [0.05, 0.1) is 0 Å². The summed E-state index contributed by atoms with van der Waals surface area (Å²) in [5.41, 5.74) is 5.12. The van der Waals surface area contributed by atoms with Crippen LogP contribution in [-0.2, 0) is 4.79 Å². The Morgan fingerprint density at radius 3 is 2.50 bits per heavy atom. The van der Waals surface area contributed by atoms with Crippen molar-refractivity contribution < 1.29 is 4.79 Å². The van der Waals surface area contributed by atoms with Crippen LogP contribution < -0.4 is 11.1 Å². The highest BCUT2D eigenvalue weighted by atomic mass is 16.1. The Balaban J connectivity index is 3.46. The predicted octanol–water partition coefficient (Wildman–Crippen LogP) is 0.886. The monoisotopic (exact) mass is 172 g/mol. The third-order valence-electron chi connectivity index (χ3n) is 1.98. The summed E-state index contributed by atoms with van der Waals surface area (Å²) in [6.07, 6.45) is 2.31. The molecule has 72 valence electrons. The lowest BCUT2D eigenvalue weighted by Crippen LogP contribution is -2.35. The molecule has 0 aromatic carbocycles. The Morgan fingerprint density at radius 1 is 1.50 bits per heavy atom. The number of hydrogen-bond donors (Lipinski definition) is 2. The van der Waals surface area contributed by atoms with E-state index in [0.717, 1.165) is 6.42 Å². The van der Waals surface area contributed by atoms with Gasteiger partial charge in [-0.1, -0.05) is 20.3 Å². The van der Waals surface area contributed by atoms with Crippen LogP contribution in [0, 0.1) is 5.92 Å². The fourth-order valence-corrected chi connectivity index (χ4v) is 1.01. The highest BCUT2D eigenvalue weighted by Gasteiger charge is 2.09. The lowest BCUT2D eigenvalue weighted by molar-refractivity contribution is -0.121. The van der Waals surface area contributed by atoms with Crippen molar-refractivity contribution in [3.8, 4) is 0 Å². The minimum Gasteiger partial charge on any atom is -0.369 e. The zero-order valence-corrected chi connectivity index (χ0v) is 8.26. The lowest BCUT2D eigenvalue weighted by Gasteiger charge is -2.14. The molecule has 0 aromatic heterocycles. The van der Waals surface area contributed by atoms with Gasteiger partial charge in [0.25, 0.3) is 0 Å². The summed E-state index contributed by atoms with van der Waals surface area (Å²) in [5, 5.41) is 3.26. The van der Waals surface area contributed by atoms with E-state index in [0.29, 0.717) is 12.6 Å². The van der Waals surface area contributed by atoms with Crippen molar-refractivity contribution in [3.05, 3.63) is 0 Å². The number of carbonyl (C=O) groups is 1. The van der Waals surface area contributed by atoms with Crippen LogP contribution in [0.5, 0.6) is 0 Å². The molecule has 3 nitrogen and oxygen atoms in total. The van der Waals surface area contributed by atoms with Crippen molar-refractivity contribution in [3.63, 3.8) is 0 Å². The van der Waals surface area contributed by atoms with Gasteiger partial charge in [0.1, 0.15) is 0 Å². The standard InChI is InChI=1S/C9H20N2O/c1-4-5-8(3)11-6-7(2)9(10)12/h7-8,11H,4-6H2,1-3H3,(H2,10,12). The van der Waals surface area contributed by atoms with E-state index in [1.54, 1.807) is 0 Å². The topological polar surface area (TPSA) is 55.1 Å². The SMILES string of the molecule is CCCC(C)NCC(C)C(N)=O. The van der Waals surface area contributed by atoms with E-state index < -0.39 is 0 Å². The second kappa shape index (κ2) is 6.00. The van der Waals surface area contributed by atoms with Crippen molar-refractivity contribution in [2.75, 3.05) is 6.54 Å². The van der Waals surface area contributed by atoms with E-state index in [9.17, 15) is 4.79 Å². The van der Waals surface area contributed by atoms with Gasteiger partial charge in [0, 0.05) is 18.5 Å². The number of amides is 1. The summed E-state index contributed by atoms with van der Waals surface area (Å²) in [6, 6.07) is 0.483. The van der Waals surface area contributed by atoms with Gasteiger partial charge in [-0.25, -0.2) is 0 Å². The Kier molecular flexibility index (Phi) is 5.72. The molecule has 2 atom stereocenters. The summed E-state index contributed by atoms with van der Waals surface area (Å²) < 4.78 is 0. The maximum Gasteiger partial charge on any atom is 0.221 e. The fourth-order valence-electron chi connectivity index (χ4n) is 1.01. The molecule has 0 spiro atoms. The summed E-state index contributed by atoms with van der Waals surface area (Å²) in [5.74, 6) is -0.296. The molecule has 0 saturated carbocycles. The molecule has 0 rings (SSSR count). The first-order chi connectivity index (χ1) is 5.57. The molecule has 0 heterocycles. The molecular weight excluding hydrogens is 152 g/mol. The fraction of sp³-hybridized carbons (Fsp3) is 0.889. The van der Waals surface area contributed by atoms with Gasteiger partial charge in [0.15, 0.2) is 0 Å². The molecule has 0 aliphatic carbocycles. The average molecular weight is 172 g/mol. The largest absolute Gasteiger partial charge is 0.369 e. The molecule has 3 N–H and O–H groups in total. The molecule has 0 aromatic rings. The van der Waals surface area contributed by atoms with Gasteiger partial charge in [-0.05, 0) is 13.3 Å². The number of hydrogen-bond acceptors (Lipinski definition) is 2. The molecule has 12 heavy (non-hydrogen) atoms. The van der Waals surface area contributed by atoms with Gasteiger partial charge in [-0.15, -0.1) is 0 Å². The number of rotatable bonds is 6. The quantitative estimate of drug-likeness (QED) is 0.625. The van der Waals surface area contributed by atoms with Crippen LogP contribution in [0.2, 0.25) is 0 Å². The van der Waals surface area contributed by atoms with Gasteiger partial charge in [-0.3, -0.25) is 4.79 Å². The van der Waals surface area contributed by atoms with Crippen LogP contribution in [0.1, 0.15) is 33.6 Å².